The lowest BCUT2D eigenvalue weighted by Crippen LogP contribution is -2.33. The van der Waals surface area contributed by atoms with Gasteiger partial charge < -0.3 is 15.4 Å². The van der Waals surface area contributed by atoms with Gasteiger partial charge in [-0.25, -0.2) is 0 Å². The van der Waals surface area contributed by atoms with Gasteiger partial charge in [-0.15, -0.1) is 0 Å². The van der Waals surface area contributed by atoms with E-state index in [0.29, 0.717) is 12.5 Å². The molecule has 0 aromatic heterocycles. The molecule has 0 saturated carbocycles. The average Bonchev–Trinajstić information content (AvgIpc) is 2.47. The Kier molecular flexibility index (Phi) is 5.36. The van der Waals surface area contributed by atoms with E-state index >= 15 is 0 Å². The quantitative estimate of drug-likeness (QED) is 0.853. The number of hydrogen-bond acceptors (Lipinski definition) is 3. The normalized spacial score (nSPS) is 17.9. The molecule has 104 valence electrons. The average molecular weight is 262 g/mol. The lowest BCUT2D eigenvalue weighted by molar-refractivity contribution is -0.127. The molecule has 1 saturated heterocycles. The Morgan fingerprint density at radius 1 is 1.37 bits per heavy atom. The number of hydrogen-bond donors (Lipinski definition) is 2. The Balaban J connectivity index is 1.73. The maximum Gasteiger partial charge on any atom is 0.253 e. The third-order valence-electron chi connectivity index (χ3n) is 3.45. The summed E-state index contributed by atoms with van der Waals surface area (Å²) in [6.45, 7) is 4.58. The molecule has 4 nitrogen and oxygen atoms in total. The van der Waals surface area contributed by atoms with Gasteiger partial charge in [-0.05, 0) is 50.9 Å². The first-order valence-corrected chi connectivity index (χ1v) is 6.94. The number of para-hydroxylation sites is 1. The van der Waals surface area contributed by atoms with Crippen molar-refractivity contribution in [3.8, 4) is 0 Å². The zero-order chi connectivity index (χ0) is 13.5. The molecule has 1 atom stereocenters. The van der Waals surface area contributed by atoms with Crippen molar-refractivity contribution >= 4 is 11.6 Å². The highest BCUT2D eigenvalue weighted by atomic mass is 16.5. The molecular weight excluding hydrogens is 240 g/mol. The smallest absolute Gasteiger partial charge is 0.253 e. The molecule has 2 rings (SSSR count). The Hall–Kier alpha value is -1.39. The van der Waals surface area contributed by atoms with Crippen LogP contribution in [-0.2, 0) is 9.53 Å². The molecule has 0 bridgehead atoms. The highest BCUT2D eigenvalue weighted by Gasteiger charge is 2.18. The maximum atomic E-state index is 11.9. The summed E-state index contributed by atoms with van der Waals surface area (Å²) in [6, 6.07) is 9.47. The SMILES string of the molecule is CC(OCC1CCNCC1)C(=O)Nc1ccccc1. The van der Waals surface area contributed by atoms with Crippen molar-refractivity contribution in [3.05, 3.63) is 30.3 Å². The van der Waals surface area contributed by atoms with E-state index in [4.69, 9.17) is 4.74 Å². The first-order valence-electron chi connectivity index (χ1n) is 6.94. The highest BCUT2D eigenvalue weighted by molar-refractivity contribution is 5.93. The van der Waals surface area contributed by atoms with Crippen LogP contribution >= 0.6 is 0 Å². The number of amides is 1. The number of nitrogens with one attached hydrogen (secondary N) is 2. The van der Waals surface area contributed by atoms with Crippen molar-refractivity contribution in [2.45, 2.75) is 25.9 Å². The molecule has 1 unspecified atom stereocenters. The molecular formula is C15H22N2O2. The number of piperidine rings is 1. The molecule has 4 heteroatoms. The van der Waals surface area contributed by atoms with E-state index in [2.05, 4.69) is 10.6 Å². The molecule has 1 aliphatic heterocycles. The van der Waals surface area contributed by atoms with E-state index in [1.54, 1.807) is 6.92 Å². The summed E-state index contributed by atoms with van der Waals surface area (Å²) >= 11 is 0. The Morgan fingerprint density at radius 3 is 2.74 bits per heavy atom. The minimum absolute atomic E-state index is 0.0832. The van der Waals surface area contributed by atoms with Gasteiger partial charge in [0.25, 0.3) is 5.91 Å². The standard InChI is InChI=1S/C15H22N2O2/c1-12(19-11-13-7-9-16-10-8-13)15(18)17-14-5-3-2-4-6-14/h2-6,12-13,16H,7-11H2,1H3,(H,17,18). The lowest BCUT2D eigenvalue weighted by atomic mass is 9.99. The first kappa shape index (κ1) is 14.0. The van der Waals surface area contributed by atoms with Crippen LogP contribution in [0.1, 0.15) is 19.8 Å². The van der Waals surface area contributed by atoms with E-state index in [1.807, 2.05) is 30.3 Å². The fraction of sp³-hybridized carbons (Fsp3) is 0.533. The van der Waals surface area contributed by atoms with Crippen LogP contribution in [0.25, 0.3) is 0 Å². The minimum Gasteiger partial charge on any atom is -0.368 e. The molecule has 1 aromatic rings. The van der Waals surface area contributed by atoms with Crippen LogP contribution in [0.5, 0.6) is 0 Å². The summed E-state index contributed by atoms with van der Waals surface area (Å²) in [5, 5.41) is 6.18. The number of carbonyl (C=O) groups excluding carboxylic acids is 1. The molecule has 19 heavy (non-hydrogen) atoms. The number of rotatable bonds is 5. The van der Waals surface area contributed by atoms with Gasteiger partial charge in [0.05, 0.1) is 6.61 Å². The van der Waals surface area contributed by atoms with E-state index < -0.39 is 6.10 Å². The van der Waals surface area contributed by atoms with E-state index in [-0.39, 0.29) is 5.91 Å². The Morgan fingerprint density at radius 2 is 2.05 bits per heavy atom. The number of ether oxygens (including phenoxy) is 1. The van der Waals surface area contributed by atoms with Crippen LogP contribution < -0.4 is 10.6 Å². The van der Waals surface area contributed by atoms with Crippen LogP contribution in [0.4, 0.5) is 5.69 Å². The zero-order valence-corrected chi connectivity index (χ0v) is 11.4. The molecule has 0 radical (unpaired) electrons. The van der Waals surface area contributed by atoms with Gasteiger partial charge in [-0.1, -0.05) is 18.2 Å². The maximum absolute atomic E-state index is 11.9. The minimum atomic E-state index is -0.407. The third-order valence-corrected chi connectivity index (χ3v) is 3.45. The lowest BCUT2D eigenvalue weighted by Gasteiger charge is -2.23. The van der Waals surface area contributed by atoms with Gasteiger partial charge in [0.15, 0.2) is 0 Å². The predicted octanol–water partition coefficient (Wildman–Crippen LogP) is 2.03. The fourth-order valence-electron chi connectivity index (χ4n) is 2.17. The topological polar surface area (TPSA) is 50.4 Å². The molecule has 1 aromatic carbocycles. The molecule has 2 N–H and O–H groups in total. The summed E-state index contributed by atoms with van der Waals surface area (Å²) in [7, 11) is 0. The van der Waals surface area contributed by atoms with Gasteiger partial charge in [-0.2, -0.15) is 0 Å². The van der Waals surface area contributed by atoms with Gasteiger partial charge in [0.2, 0.25) is 0 Å². The van der Waals surface area contributed by atoms with E-state index in [9.17, 15) is 4.79 Å². The zero-order valence-electron chi connectivity index (χ0n) is 11.4. The second-order valence-corrected chi connectivity index (χ2v) is 5.02. The summed E-state index contributed by atoms with van der Waals surface area (Å²) in [6.07, 6.45) is 1.86. The summed E-state index contributed by atoms with van der Waals surface area (Å²) in [5.41, 5.74) is 0.810. The Bertz CT molecular complexity index is 388. The second-order valence-electron chi connectivity index (χ2n) is 5.02. The van der Waals surface area contributed by atoms with Crippen molar-refractivity contribution in [1.82, 2.24) is 5.32 Å². The molecule has 1 fully saturated rings. The number of benzene rings is 1. The van der Waals surface area contributed by atoms with Gasteiger partial charge in [0.1, 0.15) is 6.10 Å². The summed E-state index contributed by atoms with van der Waals surface area (Å²) in [5.74, 6) is 0.494. The van der Waals surface area contributed by atoms with Crippen molar-refractivity contribution in [2.75, 3.05) is 25.0 Å². The monoisotopic (exact) mass is 262 g/mol. The van der Waals surface area contributed by atoms with Gasteiger partial charge >= 0.3 is 0 Å². The van der Waals surface area contributed by atoms with Crippen molar-refractivity contribution in [2.24, 2.45) is 5.92 Å². The fourth-order valence-corrected chi connectivity index (χ4v) is 2.17. The van der Waals surface area contributed by atoms with Crippen molar-refractivity contribution in [3.63, 3.8) is 0 Å². The van der Waals surface area contributed by atoms with Crippen LogP contribution in [0.15, 0.2) is 30.3 Å². The van der Waals surface area contributed by atoms with E-state index in [0.717, 1.165) is 31.6 Å². The molecule has 1 heterocycles. The van der Waals surface area contributed by atoms with Crippen molar-refractivity contribution < 1.29 is 9.53 Å². The molecule has 1 aliphatic rings. The van der Waals surface area contributed by atoms with Crippen LogP contribution in [0.2, 0.25) is 0 Å². The highest BCUT2D eigenvalue weighted by Crippen LogP contribution is 2.13. The molecule has 0 spiro atoms. The number of carbonyl (C=O) groups is 1. The predicted molar refractivity (Wildman–Crippen MR) is 76.1 cm³/mol. The molecule has 0 aliphatic carbocycles. The largest absolute Gasteiger partial charge is 0.368 e. The second kappa shape index (κ2) is 7.26. The Labute approximate surface area is 114 Å². The number of anilines is 1. The summed E-state index contributed by atoms with van der Waals surface area (Å²) in [4.78, 5) is 11.9. The molecule has 1 amide bonds. The van der Waals surface area contributed by atoms with E-state index in [1.165, 1.54) is 0 Å². The van der Waals surface area contributed by atoms with Gasteiger partial charge in [0, 0.05) is 5.69 Å². The first-order chi connectivity index (χ1) is 9.25. The van der Waals surface area contributed by atoms with Crippen LogP contribution in [-0.4, -0.2) is 31.7 Å². The van der Waals surface area contributed by atoms with Crippen molar-refractivity contribution in [1.29, 1.82) is 0 Å². The van der Waals surface area contributed by atoms with Crippen LogP contribution in [0.3, 0.4) is 0 Å². The third kappa shape index (κ3) is 4.65. The van der Waals surface area contributed by atoms with Crippen LogP contribution in [0, 0.1) is 5.92 Å². The van der Waals surface area contributed by atoms with Gasteiger partial charge in [-0.3, -0.25) is 4.79 Å². The summed E-state index contributed by atoms with van der Waals surface area (Å²) < 4.78 is 5.68.